The van der Waals surface area contributed by atoms with E-state index in [9.17, 15) is 14.0 Å². The highest BCUT2D eigenvalue weighted by molar-refractivity contribution is 7.10. The van der Waals surface area contributed by atoms with E-state index in [4.69, 9.17) is 4.74 Å². The molecule has 1 aliphatic rings. The number of carbonyl (C=O) groups is 2. The molecule has 3 aromatic rings. The van der Waals surface area contributed by atoms with E-state index in [1.807, 2.05) is 6.07 Å². The lowest BCUT2D eigenvalue weighted by molar-refractivity contribution is -0.118. The zero-order valence-corrected chi connectivity index (χ0v) is 18.9. The molecule has 0 aliphatic carbocycles. The minimum Gasteiger partial charge on any atom is -0.483 e. The van der Waals surface area contributed by atoms with Crippen molar-refractivity contribution in [3.05, 3.63) is 82.3 Å². The second-order valence-corrected chi connectivity index (χ2v) is 8.78. The molecule has 0 saturated carbocycles. The number of benzene rings is 2. The number of nitrogens with one attached hydrogen (secondary N) is 2. The number of thiophene rings is 1. The van der Waals surface area contributed by atoms with Crippen LogP contribution in [0.25, 0.3) is 0 Å². The van der Waals surface area contributed by atoms with Gasteiger partial charge in [0, 0.05) is 11.4 Å². The summed E-state index contributed by atoms with van der Waals surface area (Å²) >= 11 is 1.69. The highest BCUT2D eigenvalue weighted by Gasteiger charge is 2.25. The van der Waals surface area contributed by atoms with Gasteiger partial charge in [0.15, 0.2) is 6.61 Å². The molecular weight excluding hydrogens is 441 g/mol. The topological polar surface area (TPSA) is 70.7 Å². The summed E-state index contributed by atoms with van der Waals surface area (Å²) in [5.41, 5.74) is 0.432. The van der Waals surface area contributed by atoms with Crippen LogP contribution in [0.15, 0.2) is 66.0 Å². The number of para-hydroxylation sites is 2. The van der Waals surface area contributed by atoms with Crippen molar-refractivity contribution in [2.45, 2.75) is 18.9 Å². The number of carbonyl (C=O) groups excluding carboxylic acids is 2. The number of nitrogens with zero attached hydrogens (tertiary/aromatic N) is 1. The van der Waals surface area contributed by atoms with Crippen LogP contribution in [0.3, 0.4) is 0 Å². The molecule has 0 spiro atoms. The molecule has 2 N–H and O–H groups in total. The first-order valence-corrected chi connectivity index (χ1v) is 11.8. The van der Waals surface area contributed by atoms with Crippen LogP contribution in [0.2, 0.25) is 0 Å². The number of likely N-dealkylation sites (tertiary alicyclic amines) is 1. The standard InChI is InChI=1S/C25H26FN3O3S/c26-19-9-2-3-10-20(19)28-24(30)17-32-22-11-4-1-8-18(22)25(31)27-16-21(23-12-7-15-33-23)29-13-5-6-14-29/h1-4,7-12,15,21H,5-6,13-14,16-17H2,(H,27,31)(H,28,30). The van der Waals surface area contributed by atoms with Crippen LogP contribution in [0, 0.1) is 5.82 Å². The molecule has 2 heterocycles. The zero-order valence-electron chi connectivity index (χ0n) is 18.1. The van der Waals surface area contributed by atoms with Crippen molar-refractivity contribution in [2.75, 3.05) is 31.6 Å². The van der Waals surface area contributed by atoms with Gasteiger partial charge in [-0.3, -0.25) is 14.5 Å². The Bertz CT molecular complexity index is 1080. The fourth-order valence-corrected chi connectivity index (χ4v) is 4.76. The third-order valence-corrected chi connectivity index (χ3v) is 6.52. The van der Waals surface area contributed by atoms with Gasteiger partial charge in [-0.15, -0.1) is 11.3 Å². The lowest BCUT2D eigenvalue weighted by Crippen LogP contribution is -2.36. The van der Waals surface area contributed by atoms with Crippen molar-refractivity contribution in [1.29, 1.82) is 0 Å². The molecule has 0 radical (unpaired) electrons. The molecule has 172 valence electrons. The third-order valence-electron chi connectivity index (χ3n) is 5.55. The Kier molecular flexibility index (Phi) is 7.70. The summed E-state index contributed by atoms with van der Waals surface area (Å²) in [7, 11) is 0. The van der Waals surface area contributed by atoms with E-state index in [0.717, 1.165) is 13.1 Å². The third kappa shape index (κ3) is 5.97. The molecule has 1 aromatic heterocycles. The highest BCUT2D eigenvalue weighted by Crippen LogP contribution is 2.28. The smallest absolute Gasteiger partial charge is 0.262 e. The van der Waals surface area contributed by atoms with Gasteiger partial charge < -0.3 is 15.4 Å². The summed E-state index contributed by atoms with van der Waals surface area (Å²) in [4.78, 5) is 28.8. The summed E-state index contributed by atoms with van der Waals surface area (Å²) in [6, 6.07) is 17.0. The first-order chi connectivity index (χ1) is 16.1. The number of rotatable bonds is 9. The van der Waals surface area contributed by atoms with Gasteiger partial charge in [-0.05, 0) is 61.6 Å². The predicted octanol–water partition coefficient (Wildman–Crippen LogP) is 4.47. The van der Waals surface area contributed by atoms with E-state index < -0.39 is 11.7 Å². The van der Waals surface area contributed by atoms with Crippen molar-refractivity contribution < 1.29 is 18.7 Å². The summed E-state index contributed by atoms with van der Waals surface area (Å²) in [5, 5.41) is 7.56. The van der Waals surface area contributed by atoms with Crippen LogP contribution < -0.4 is 15.4 Å². The van der Waals surface area contributed by atoms with Crippen LogP contribution in [0.5, 0.6) is 5.75 Å². The van der Waals surface area contributed by atoms with E-state index in [1.165, 1.54) is 29.9 Å². The van der Waals surface area contributed by atoms with E-state index in [1.54, 1.807) is 47.7 Å². The molecule has 2 aromatic carbocycles. The first kappa shape index (κ1) is 22.9. The first-order valence-electron chi connectivity index (χ1n) is 10.9. The van der Waals surface area contributed by atoms with Gasteiger partial charge >= 0.3 is 0 Å². The summed E-state index contributed by atoms with van der Waals surface area (Å²) in [6.45, 7) is 2.19. The zero-order chi connectivity index (χ0) is 23.0. The lowest BCUT2D eigenvalue weighted by Gasteiger charge is -2.27. The summed E-state index contributed by atoms with van der Waals surface area (Å²) < 4.78 is 19.3. The maximum Gasteiger partial charge on any atom is 0.262 e. The molecule has 8 heteroatoms. The maximum absolute atomic E-state index is 13.7. The summed E-state index contributed by atoms with van der Waals surface area (Å²) in [5.74, 6) is -1.00. The predicted molar refractivity (Wildman–Crippen MR) is 127 cm³/mol. The van der Waals surface area contributed by atoms with E-state index >= 15 is 0 Å². The van der Waals surface area contributed by atoms with E-state index in [-0.39, 0.29) is 24.2 Å². The van der Waals surface area contributed by atoms with Crippen LogP contribution in [-0.4, -0.2) is 43.0 Å². The Morgan fingerprint density at radius 1 is 1.03 bits per heavy atom. The Labute approximate surface area is 196 Å². The molecule has 1 unspecified atom stereocenters. The van der Waals surface area contributed by atoms with Crippen LogP contribution in [0.1, 0.15) is 34.1 Å². The second-order valence-electron chi connectivity index (χ2n) is 7.80. The van der Waals surface area contributed by atoms with Gasteiger partial charge in [0.25, 0.3) is 11.8 Å². The average Bonchev–Trinajstić information content (AvgIpc) is 3.55. The molecule has 1 aliphatic heterocycles. The molecule has 0 bridgehead atoms. The van der Waals surface area contributed by atoms with Gasteiger partial charge in [0.2, 0.25) is 0 Å². The monoisotopic (exact) mass is 467 g/mol. The summed E-state index contributed by atoms with van der Waals surface area (Å²) in [6.07, 6.45) is 2.34. The molecule has 1 atom stereocenters. The van der Waals surface area contributed by atoms with E-state index in [2.05, 4.69) is 27.0 Å². The van der Waals surface area contributed by atoms with Gasteiger partial charge in [-0.2, -0.15) is 0 Å². The molecule has 2 amide bonds. The maximum atomic E-state index is 13.7. The molecule has 4 rings (SSSR count). The second kappa shape index (κ2) is 11.1. The molecule has 1 fully saturated rings. The van der Waals surface area contributed by atoms with Crippen molar-refractivity contribution in [3.63, 3.8) is 0 Å². The van der Waals surface area contributed by atoms with Crippen LogP contribution in [0.4, 0.5) is 10.1 Å². The Morgan fingerprint density at radius 3 is 2.55 bits per heavy atom. The fourth-order valence-electron chi connectivity index (χ4n) is 3.90. The average molecular weight is 468 g/mol. The van der Waals surface area contributed by atoms with E-state index in [0.29, 0.717) is 17.9 Å². The van der Waals surface area contributed by atoms with Gasteiger partial charge in [0.05, 0.1) is 17.3 Å². The number of amides is 2. The fraction of sp³-hybridized carbons (Fsp3) is 0.280. The van der Waals surface area contributed by atoms with Crippen molar-refractivity contribution in [2.24, 2.45) is 0 Å². The number of hydrogen-bond donors (Lipinski definition) is 2. The van der Waals surface area contributed by atoms with Gasteiger partial charge in [0.1, 0.15) is 11.6 Å². The number of anilines is 1. The quantitative estimate of drug-likeness (QED) is 0.487. The molecule has 33 heavy (non-hydrogen) atoms. The Balaban J connectivity index is 1.37. The van der Waals surface area contributed by atoms with Crippen molar-refractivity contribution in [3.8, 4) is 5.75 Å². The van der Waals surface area contributed by atoms with Crippen LogP contribution in [-0.2, 0) is 4.79 Å². The molecule has 6 nitrogen and oxygen atoms in total. The lowest BCUT2D eigenvalue weighted by atomic mass is 10.1. The number of hydrogen-bond acceptors (Lipinski definition) is 5. The number of halogens is 1. The molecule has 1 saturated heterocycles. The molecular formula is C25H26FN3O3S. The Morgan fingerprint density at radius 2 is 1.79 bits per heavy atom. The number of ether oxygens (including phenoxy) is 1. The normalized spacial score (nSPS) is 14.6. The minimum atomic E-state index is -0.524. The SMILES string of the molecule is O=C(COc1ccccc1C(=O)NCC(c1cccs1)N1CCCC1)Nc1ccccc1F. The van der Waals surface area contributed by atoms with Crippen molar-refractivity contribution >= 4 is 28.8 Å². The largest absolute Gasteiger partial charge is 0.483 e. The van der Waals surface area contributed by atoms with Crippen LogP contribution >= 0.6 is 11.3 Å². The van der Waals surface area contributed by atoms with Gasteiger partial charge in [-0.1, -0.05) is 30.3 Å². The minimum absolute atomic E-state index is 0.0821. The Hall–Kier alpha value is -3.23. The van der Waals surface area contributed by atoms with Crippen molar-refractivity contribution in [1.82, 2.24) is 10.2 Å². The van der Waals surface area contributed by atoms with Gasteiger partial charge in [-0.25, -0.2) is 4.39 Å². The highest BCUT2D eigenvalue weighted by atomic mass is 32.1.